The van der Waals surface area contributed by atoms with Gasteiger partial charge in [0.1, 0.15) is 0 Å². The van der Waals surface area contributed by atoms with Crippen LogP contribution in [0.3, 0.4) is 0 Å². The maximum absolute atomic E-state index is 13.1. The molecule has 6 heteroatoms. The van der Waals surface area contributed by atoms with Gasteiger partial charge in [-0.25, -0.2) is 0 Å². The third-order valence-corrected chi connectivity index (χ3v) is 6.97. The van der Waals surface area contributed by atoms with Crippen molar-refractivity contribution in [3.8, 4) is 0 Å². The standard InChI is InChI=1S/C23H15ClN2OS2/c24-16-10-11-20-18(13-16)26(17-7-1-2-8-19(17)28-20)14-22(27)29-21-9-3-5-15-6-4-12-25-23(15)21/h1-13H,14H2. The minimum atomic E-state index is 0.0516. The molecule has 29 heavy (non-hydrogen) atoms. The number of rotatable bonds is 3. The Balaban J connectivity index is 1.48. The van der Waals surface area contributed by atoms with Gasteiger partial charge in [0.05, 0.1) is 23.4 Å². The highest BCUT2D eigenvalue weighted by Gasteiger charge is 2.25. The summed E-state index contributed by atoms with van der Waals surface area (Å²) in [5, 5.41) is 1.74. The summed E-state index contributed by atoms with van der Waals surface area (Å²) >= 11 is 9.20. The quantitative estimate of drug-likeness (QED) is 0.331. The third-order valence-electron chi connectivity index (χ3n) is 4.69. The van der Waals surface area contributed by atoms with E-state index in [-0.39, 0.29) is 11.7 Å². The molecule has 0 amide bonds. The van der Waals surface area contributed by atoms with E-state index in [0.29, 0.717) is 5.02 Å². The number of pyridine rings is 1. The van der Waals surface area contributed by atoms with Crippen molar-refractivity contribution < 1.29 is 4.79 Å². The lowest BCUT2D eigenvalue weighted by Crippen LogP contribution is -2.26. The maximum Gasteiger partial charge on any atom is 0.213 e. The predicted octanol–water partition coefficient (Wildman–Crippen LogP) is 6.81. The number of hydrogen-bond acceptors (Lipinski definition) is 5. The number of nitrogens with zero attached hydrogens (tertiary/aromatic N) is 2. The minimum Gasteiger partial charge on any atom is -0.331 e. The number of hydrogen-bond donors (Lipinski definition) is 0. The van der Waals surface area contributed by atoms with Crippen LogP contribution in [0.5, 0.6) is 0 Å². The SMILES string of the molecule is O=C(CN1c2ccccc2Sc2ccc(Cl)cc21)Sc1cccc2cccnc12. The average molecular weight is 435 g/mol. The molecule has 0 saturated carbocycles. The molecular weight excluding hydrogens is 420 g/mol. The lowest BCUT2D eigenvalue weighted by Gasteiger charge is -2.32. The van der Waals surface area contributed by atoms with Crippen LogP contribution in [-0.2, 0) is 4.79 Å². The van der Waals surface area contributed by atoms with Crippen LogP contribution >= 0.6 is 35.1 Å². The molecule has 3 nitrogen and oxygen atoms in total. The molecule has 0 atom stereocenters. The van der Waals surface area contributed by atoms with Crippen molar-refractivity contribution in [1.82, 2.24) is 4.98 Å². The molecule has 0 saturated heterocycles. The summed E-state index contributed by atoms with van der Waals surface area (Å²) in [6, 6.07) is 23.8. The zero-order valence-electron chi connectivity index (χ0n) is 15.2. The lowest BCUT2D eigenvalue weighted by atomic mass is 10.2. The summed E-state index contributed by atoms with van der Waals surface area (Å²) in [6.45, 7) is 0.249. The first kappa shape index (κ1) is 18.6. The number of fused-ring (bicyclic) bond motifs is 3. The minimum absolute atomic E-state index is 0.0516. The number of para-hydroxylation sites is 2. The Hall–Kier alpha value is -2.47. The Morgan fingerprint density at radius 2 is 1.79 bits per heavy atom. The molecule has 142 valence electrons. The summed E-state index contributed by atoms with van der Waals surface area (Å²) in [5.41, 5.74) is 2.84. The van der Waals surface area contributed by atoms with Crippen molar-refractivity contribution in [2.24, 2.45) is 0 Å². The highest BCUT2D eigenvalue weighted by Crippen LogP contribution is 2.48. The first-order chi connectivity index (χ1) is 14.2. The van der Waals surface area contributed by atoms with Crippen molar-refractivity contribution in [2.45, 2.75) is 14.7 Å². The largest absolute Gasteiger partial charge is 0.331 e. The Labute approximate surface area is 182 Å². The second-order valence-corrected chi connectivity index (χ2v) is 9.19. The van der Waals surface area contributed by atoms with E-state index in [1.54, 1.807) is 18.0 Å². The normalized spacial score (nSPS) is 12.5. The Bertz CT molecular complexity index is 1240. The zero-order valence-corrected chi connectivity index (χ0v) is 17.6. The van der Waals surface area contributed by atoms with E-state index in [9.17, 15) is 4.79 Å². The number of thioether (sulfide) groups is 1. The zero-order chi connectivity index (χ0) is 19.8. The Kier molecular flexibility index (Phi) is 4.96. The molecule has 0 fully saturated rings. The monoisotopic (exact) mass is 434 g/mol. The highest BCUT2D eigenvalue weighted by molar-refractivity contribution is 8.14. The molecule has 0 unspecified atom stereocenters. The van der Waals surface area contributed by atoms with Crippen molar-refractivity contribution in [2.75, 3.05) is 11.4 Å². The maximum atomic E-state index is 13.1. The molecule has 0 aliphatic carbocycles. The van der Waals surface area contributed by atoms with Gasteiger partial charge in [-0.05, 0) is 54.2 Å². The van der Waals surface area contributed by atoms with Gasteiger partial charge in [-0.1, -0.05) is 53.7 Å². The Morgan fingerprint density at radius 3 is 2.72 bits per heavy atom. The van der Waals surface area contributed by atoms with Gasteiger partial charge >= 0.3 is 0 Å². The molecule has 1 aliphatic rings. The number of carbonyl (C=O) groups excluding carboxylic acids is 1. The molecule has 3 aromatic carbocycles. The van der Waals surface area contributed by atoms with Gasteiger partial charge in [-0.15, -0.1) is 0 Å². The van der Waals surface area contributed by atoms with Gasteiger partial charge in [0.15, 0.2) is 0 Å². The van der Waals surface area contributed by atoms with Crippen LogP contribution in [0, 0.1) is 0 Å². The van der Waals surface area contributed by atoms with E-state index in [1.165, 1.54) is 11.8 Å². The van der Waals surface area contributed by atoms with Gasteiger partial charge in [-0.2, -0.15) is 0 Å². The van der Waals surface area contributed by atoms with Crippen molar-refractivity contribution in [3.05, 3.63) is 84.0 Å². The van der Waals surface area contributed by atoms with E-state index < -0.39 is 0 Å². The fourth-order valence-corrected chi connectivity index (χ4v) is 5.51. The fourth-order valence-electron chi connectivity index (χ4n) is 3.42. The summed E-state index contributed by atoms with van der Waals surface area (Å²) in [4.78, 5) is 22.7. The van der Waals surface area contributed by atoms with Crippen LogP contribution < -0.4 is 4.90 Å². The van der Waals surface area contributed by atoms with Crippen LogP contribution in [0.4, 0.5) is 11.4 Å². The number of anilines is 2. The topological polar surface area (TPSA) is 33.2 Å². The van der Waals surface area contributed by atoms with Crippen molar-refractivity contribution in [1.29, 1.82) is 0 Å². The van der Waals surface area contributed by atoms with Gasteiger partial charge in [-0.3, -0.25) is 9.78 Å². The van der Waals surface area contributed by atoms with E-state index in [4.69, 9.17) is 11.6 Å². The summed E-state index contributed by atoms with van der Waals surface area (Å²) in [5.74, 6) is 0. The fraction of sp³-hybridized carbons (Fsp3) is 0.0435. The second-order valence-electron chi connectivity index (χ2n) is 6.57. The van der Waals surface area contributed by atoms with Crippen molar-refractivity contribution in [3.63, 3.8) is 0 Å². The first-order valence-electron chi connectivity index (χ1n) is 9.07. The van der Waals surface area contributed by atoms with Crippen LogP contribution in [0.2, 0.25) is 5.02 Å². The molecule has 1 aliphatic heterocycles. The molecule has 5 rings (SSSR count). The number of aromatic nitrogens is 1. The van der Waals surface area contributed by atoms with Gasteiger partial charge in [0.2, 0.25) is 5.12 Å². The number of benzene rings is 3. The average Bonchev–Trinajstić information content (AvgIpc) is 2.74. The predicted molar refractivity (Wildman–Crippen MR) is 122 cm³/mol. The van der Waals surface area contributed by atoms with Crippen LogP contribution in [0.15, 0.2) is 93.7 Å². The molecule has 1 aromatic heterocycles. The molecule has 4 aromatic rings. The van der Waals surface area contributed by atoms with E-state index >= 15 is 0 Å². The summed E-state index contributed by atoms with van der Waals surface area (Å²) < 4.78 is 0. The van der Waals surface area contributed by atoms with Crippen LogP contribution in [-0.4, -0.2) is 16.6 Å². The number of halogens is 1. The first-order valence-corrected chi connectivity index (χ1v) is 11.1. The highest BCUT2D eigenvalue weighted by atomic mass is 35.5. The van der Waals surface area contributed by atoms with Gasteiger partial charge in [0.25, 0.3) is 0 Å². The summed E-state index contributed by atoms with van der Waals surface area (Å²) in [7, 11) is 0. The molecule has 0 N–H and O–H groups in total. The van der Waals surface area contributed by atoms with Gasteiger partial charge in [0, 0.05) is 31.3 Å². The summed E-state index contributed by atoms with van der Waals surface area (Å²) in [6.07, 6.45) is 1.76. The van der Waals surface area contributed by atoms with Crippen LogP contribution in [0.25, 0.3) is 10.9 Å². The lowest BCUT2D eigenvalue weighted by molar-refractivity contribution is -0.109. The molecule has 0 radical (unpaired) electrons. The van der Waals surface area contributed by atoms with E-state index in [1.807, 2.05) is 66.7 Å². The van der Waals surface area contributed by atoms with Crippen molar-refractivity contribution >= 4 is 62.5 Å². The van der Waals surface area contributed by atoms with Gasteiger partial charge < -0.3 is 4.90 Å². The van der Waals surface area contributed by atoms with E-state index in [0.717, 1.165) is 37.0 Å². The smallest absolute Gasteiger partial charge is 0.213 e. The van der Waals surface area contributed by atoms with E-state index in [2.05, 4.69) is 16.0 Å². The third kappa shape index (κ3) is 3.62. The molecular formula is C23H15ClN2OS2. The second kappa shape index (κ2) is 7.75. The Morgan fingerprint density at radius 1 is 0.966 bits per heavy atom. The molecule has 0 bridgehead atoms. The molecule has 2 heterocycles. The molecule has 0 spiro atoms. The number of carbonyl (C=O) groups is 1. The van der Waals surface area contributed by atoms with Crippen LogP contribution in [0.1, 0.15) is 0 Å².